The lowest BCUT2D eigenvalue weighted by atomic mass is 10.2. The van der Waals surface area contributed by atoms with E-state index in [2.05, 4.69) is 15.1 Å². The van der Waals surface area contributed by atoms with Crippen LogP contribution in [-0.2, 0) is 18.8 Å². The summed E-state index contributed by atoms with van der Waals surface area (Å²) in [6.45, 7) is 1.13. The van der Waals surface area contributed by atoms with Crippen LogP contribution in [0.25, 0.3) is 5.69 Å². The molecule has 0 atom stereocenters. The van der Waals surface area contributed by atoms with E-state index in [0.717, 1.165) is 33.5 Å². The van der Waals surface area contributed by atoms with E-state index in [-0.39, 0.29) is 5.82 Å². The molecular formula is C25H24ClFN4OS. The minimum atomic E-state index is -0.236. The van der Waals surface area contributed by atoms with Gasteiger partial charge in [-0.3, -0.25) is 9.47 Å². The molecule has 0 spiro atoms. The Balaban J connectivity index is 1.60. The zero-order valence-electron chi connectivity index (χ0n) is 18.4. The Morgan fingerprint density at radius 1 is 0.970 bits per heavy atom. The van der Waals surface area contributed by atoms with Crippen molar-refractivity contribution in [2.45, 2.75) is 24.0 Å². The molecule has 3 aromatic carbocycles. The maximum Gasteiger partial charge on any atom is 0.196 e. The Kier molecular flexibility index (Phi) is 7.65. The molecule has 0 bridgehead atoms. The van der Waals surface area contributed by atoms with Gasteiger partial charge < -0.3 is 4.74 Å². The van der Waals surface area contributed by atoms with Crippen LogP contribution in [0.4, 0.5) is 4.39 Å². The Bertz CT molecular complexity index is 1230. The molecule has 0 fully saturated rings. The molecule has 1 aromatic heterocycles. The first-order valence-electron chi connectivity index (χ1n) is 10.4. The summed E-state index contributed by atoms with van der Waals surface area (Å²) >= 11 is 7.73. The van der Waals surface area contributed by atoms with E-state index < -0.39 is 0 Å². The molecule has 4 aromatic rings. The molecule has 0 N–H and O–H groups in total. The van der Waals surface area contributed by atoms with Crippen molar-refractivity contribution in [3.8, 4) is 11.4 Å². The van der Waals surface area contributed by atoms with E-state index in [4.69, 9.17) is 16.3 Å². The first-order valence-corrected chi connectivity index (χ1v) is 11.8. The second-order valence-electron chi connectivity index (χ2n) is 7.66. The summed E-state index contributed by atoms with van der Waals surface area (Å²) in [5, 5.41) is 10.4. The maximum atomic E-state index is 13.6. The van der Waals surface area contributed by atoms with Crippen LogP contribution in [0.1, 0.15) is 17.0 Å². The second-order valence-corrected chi connectivity index (χ2v) is 9.04. The summed E-state index contributed by atoms with van der Waals surface area (Å²) < 4.78 is 21.1. The van der Waals surface area contributed by atoms with Crippen LogP contribution >= 0.6 is 23.4 Å². The Morgan fingerprint density at radius 3 is 2.55 bits per heavy atom. The van der Waals surface area contributed by atoms with Gasteiger partial charge in [-0.15, -0.1) is 10.2 Å². The summed E-state index contributed by atoms with van der Waals surface area (Å²) in [4.78, 5) is 2.08. The minimum Gasteiger partial charge on any atom is -0.497 e. The van der Waals surface area contributed by atoms with Crippen molar-refractivity contribution in [3.05, 3.63) is 101 Å². The van der Waals surface area contributed by atoms with Crippen molar-refractivity contribution in [2.24, 2.45) is 0 Å². The molecule has 0 aliphatic rings. The van der Waals surface area contributed by atoms with Crippen LogP contribution in [-0.4, -0.2) is 33.8 Å². The number of nitrogens with zero attached hydrogens (tertiary/aromatic N) is 4. The van der Waals surface area contributed by atoms with Gasteiger partial charge in [0.15, 0.2) is 11.0 Å². The van der Waals surface area contributed by atoms with Crippen molar-refractivity contribution in [1.82, 2.24) is 19.7 Å². The number of ether oxygens (including phenoxy) is 1. The average Bonchev–Trinajstić information content (AvgIpc) is 3.20. The highest BCUT2D eigenvalue weighted by Gasteiger charge is 2.17. The summed E-state index contributed by atoms with van der Waals surface area (Å²) in [6, 6.07) is 22.3. The largest absolute Gasteiger partial charge is 0.497 e. The first-order chi connectivity index (χ1) is 16.0. The summed E-state index contributed by atoms with van der Waals surface area (Å²) in [6.07, 6.45) is 0. The zero-order chi connectivity index (χ0) is 23.2. The fourth-order valence-corrected chi connectivity index (χ4v) is 4.65. The predicted octanol–water partition coefficient (Wildman–Crippen LogP) is 5.99. The third kappa shape index (κ3) is 6.13. The number of halogens is 2. The Labute approximate surface area is 202 Å². The lowest BCUT2D eigenvalue weighted by Crippen LogP contribution is -2.20. The van der Waals surface area contributed by atoms with E-state index in [9.17, 15) is 4.39 Å². The third-order valence-electron chi connectivity index (χ3n) is 5.02. The number of hydrogen-bond acceptors (Lipinski definition) is 5. The smallest absolute Gasteiger partial charge is 0.196 e. The lowest BCUT2D eigenvalue weighted by molar-refractivity contribution is 0.307. The number of thioether (sulfide) groups is 1. The van der Waals surface area contributed by atoms with Gasteiger partial charge >= 0.3 is 0 Å². The number of hydrogen-bond donors (Lipinski definition) is 0. The predicted molar refractivity (Wildman–Crippen MR) is 130 cm³/mol. The maximum absolute atomic E-state index is 13.6. The molecule has 170 valence electrons. The summed E-state index contributed by atoms with van der Waals surface area (Å²) in [7, 11) is 3.63. The van der Waals surface area contributed by atoms with Crippen LogP contribution in [0, 0.1) is 5.82 Å². The molecule has 0 amide bonds. The topological polar surface area (TPSA) is 43.2 Å². The molecule has 0 radical (unpaired) electrons. The molecule has 4 rings (SSSR count). The normalized spacial score (nSPS) is 11.2. The molecule has 0 unspecified atom stereocenters. The van der Waals surface area contributed by atoms with E-state index in [1.807, 2.05) is 66.2 Å². The lowest BCUT2D eigenvalue weighted by Gasteiger charge is -2.18. The molecule has 0 saturated carbocycles. The highest BCUT2D eigenvalue weighted by atomic mass is 35.5. The fourth-order valence-electron chi connectivity index (χ4n) is 3.52. The quantitative estimate of drug-likeness (QED) is 0.274. The fraction of sp³-hybridized carbons (Fsp3) is 0.200. The van der Waals surface area contributed by atoms with Gasteiger partial charge in [0.05, 0.1) is 19.3 Å². The molecular weight excluding hydrogens is 459 g/mol. The van der Waals surface area contributed by atoms with E-state index in [0.29, 0.717) is 23.9 Å². The summed E-state index contributed by atoms with van der Waals surface area (Å²) in [5.41, 5.74) is 2.93. The van der Waals surface area contributed by atoms with Gasteiger partial charge in [-0.2, -0.15) is 0 Å². The van der Waals surface area contributed by atoms with Crippen LogP contribution in [0.3, 0.4) is 0 Å². The molecule has 8 heteroatoms. The van der Waals surface area contributed by atoms with Gasteiger partial charge in [0.2, 0.25) is 0 Å². The standard InChI is InChI=1S/C25H24ClFN4OS/c1-30(15-18-6-4-9-21(27)13-18)16-24-28-29-25(33-17-19-7-3-8-20(26)12-19)31(24)22-10-5-11-23(14-22)32-2/h3-14H,15-17H2,1-2H3. The zero-order valence-corrected chi connectivity index (χ0v) is 20.0. The van der Waals surface area contributed by atoms with Crippen LogP contribution in [0.15, 0.2) is 78.0 Å². The van der Waals surface area contributed by atoms with E-state index in [1.165, 1.54) is 6.07 Å². The summed E-state index contributed by atoms with van der Waals surface area (Å²) in [5.74, 6) is 2.02. The van der Waals surface area contributed by atoms with E-state index >= 15 is 0 Å². The Hall–Kier alpha value is -2.87. The van der Waals surface area contributed by atoms with Gasteiger partial charge in [0.25, 0.3) is 0 Å². The van der Waals surface area contributed by atoms with Gasteiger partial charge in [-0.05, 0) is 54.6 Å². The van der Waals surface area contributed by atoms with Crippen molar-refractivity contribution in [2.75, 3.05) is 14.2 Å². The van der Waals surface area contributed by atoms with Crippen molar-refractivity contribution in [3.63, 3.8) is 0 Å². The number of methoxy groups -OCH3 is 1. The minimum absolute atomic E-state index is 0.236. The molecule has 5 nitrogen and oxygen atoms in total. The first kappa shape index (κ1) is 23.3. The molecule has 1 heterocycles. The molecule has 33 heavy (non-hydrogen) atoms. The van der Waals surface area contributed by atoms with Crippen molar-refractivity contribution in [1.29, 1.82) is 0 Å². The van der Waals surface area contributed by atoms with Crippen LogP contribution < -0.4 is 4.74 Å². The Morgan fingerprint density at radius 2 is 1.76 bits per heavy atom. The van der Waals surface area contributed by atoms with Crippen LogP contribution in [0.5, 0.6) is 5.75 Å². The molecule has 0 aliphatic heterocycles. The van der Waals surface area contributed by atoms with Crippen molar-refractivity contribution >= 4 is 23.4 Å². The highest BCUT2D eigenvalue weighted by Crippen LogP contribution is 2.28. The van der Waals surface area contributed by atoms with Gasteiger partial charge in [0.1, 0.15) is 11.6 Å². The monoisotopic (exact) mass is 482 g/mol. The molecule has 0 aliphatic carbocycles. The second kappa shape index (κ2) is 10.8. The number of aromatic nitrogens is 3. The average molecular weight is 483 g/mol. The van der Waals surface area contributed by atoms with Gasteiger partial charge in [-0.25, -0.2) is 4.39 Å². The van der Waals surface area contributed by atoms with Gasteiger partial charge in [0, 0.05) is 23.4 Å². The van der Waals surface area contributed by atoms with Crippen LogP contribution in [0.2, 0.25) is 5.02 Å². The van der Waals surface area contributed by atoms with E-state index in [1.54, 1.807) is 31.0 Å². The van der Waals surface area contributed by atoms with Crippen molar-refractivity contribution < 1.29 is 9.13 Å². The number of rotatable bonds is 9. The highest BCUT2D eigenvalue weighted by molar-refractivity contribution is 7.98. The van der Waals surface area contributed by atoms with Gasteiger partial charge in [-0.1, -0.05) is 53.7 Å². The number of benzene rings is 3. The molecule has 0 saturated heterocycles. The SMILES string of the molecule is COc1cccc(-n2c(CN(C)Cc3cccc(F)c3)nnc2SCc2cccc(Cl)c2)c1. The third-order valence-corrected chi connectivity index (χ3v) is 6.26.